The molecule has 164 valence electrons. The highest BCUT2D eigenvalue weighted by molar-refractivity contribution is 6.39. The predicted molar refractivity (Wildman–Crippen MR) is 115 cm³/mol. The lowest BCUT2D eigenvalue weighted by Gasteiger charge is -2.28. The number of amides is 1. The molecule has 0 atom stereocenters. The van der Waals surface area contributed by atoms with Crippen molar-refractivity contribution in [3.8, 4) is 0 Å². The van der Waals surface area contributed by atoms with Crippen molar-refractivity contribution in [3.05, 3.63) is 51.8 Å². The quantitative estimate of drug-likeness (QED) is 0.486. The largest absolute Gasteiger partial charge is 0.349 e. The molecule has 0 bridgehead atoms. The van der Waals surface area contributed by atoms with Crippen LogP contribution in [0.1, 0.15) is 36.0 Å². The van der Waals surface area contributed by atoms with Gasteiger partial charge in [-0.05, 0) is 31.0 Å². The molecule has 1 amide bonds. The molecule has 2 N–H and O–H groups in total. The summed E-state index contributed by atoms with van der Waals surface area (Å²) in [5, 5.41) is 6.48. The minimum absolute atomic E-state index is 0.152. The monoisotopic (exact) mass is 470 g/mol. The van der Waals surface area contributed by atoms with Gasteiger partial charge in [-0.1, -0.05) is 29.3 Å². The normalized spacial score (nSPS) is 16.5. The molecule has 3 aromatic rings. The lowest BCUT2D eigenvalue weighted by Crippen LogP contribution is -2.40. The Morgan fingerprint density at radius 2 is 1.84 bits per heavy atom. The highest BCUT2D eigenvalue weighted by Crippen LogP contribution is 2.34. The van der Waals surface area contributed by atoms with Gasteiger partial charge in [-0.3, -0.25) is 4.79 Å². The van der Waals surface area contributed by atoms with Crippen LogP contribution in [0.25, 0.3) is 11.0 Å². The molecule has 1 aromatic heterocycles. The van der Waals surface area contributed by atoms with E-state index in [9.17, 15) is 18.0 Å². The van der Waals surface area contributed by atoms with Crippen LogP contribution < -0.4 is 10.6 Å². The number of para-hydroxylation sites is 1. The van der Waals surface area contributed by atoms with Crippen LogP contribution in [0.15, 0.2) is 30.3 Å². The third-order valence-corrected chi connectivity index (χ3v) is 6.10. The molecule has 0 unspecified atom stereocenters. The minimum Gasteiger partial charge on any atom is -0.349 e. The van der Waals surface area contributed by atoms with E-state index in [1.807, 2.05) is 0 Å². The Kier molecular flexibility index (Phi) is 5.79. The summed E-state index contributed by atoms with van der Waals surface area (Å²) in [7, 11) is 1.68. The Bertz CT molecular complexity index is 1130. The fourth-order valence-electron chi connectivity index (χ4n) is 3.68. The topological polar surface area (TPSA) is 59.0 Å². The summed E-state index contributed by atoms with van der Waals surface area (Å²) in [6.45, 7) is 0. The highest BCUT2D eigenvalue weighted by Gasteiger charge is 2.35. The van der Waals surface area contributed by atoms with E-state index in [0.717, 1.165) is 0 Å². The molecule has 0 aliphatic heterocycles. The Morgan fingerprint density at radius 3 is 2.48 bits per heavy atom. The molecule has 1 aliphatic rings. The molecule has 1 fully saturated rings. The number of anilines is 2. The van der Waals surface area contributed by atoms with Crippen LogP contribution in [0.3, 0.4) is 0 Å². The lowest BCUT2D eigenvalue weighted by atomic mass is 9.92. The maximum atomic E-state index is 14.7. The standard InChI is InChI=1S/C21H19Cl2F3N4O/c1-30-17-10-15(24)12(19(31)27-11-5-7-21(25,26)8-6-11)9-16(17)28-20(30)29-18-13(22)3-2-4-14(18)23/h2-4,9-11H,5-8H2,1H3,(H,27,31)(H,28,29). The summed E-state index contributed by atoms with van der Waals surface area (Å²) in [5.41, 5.74) is 1.11. The van der Waals surface area contributed by atoms with Gasteiger partial charge in [0.15, 0.2) is 0 Å². The fourth-order valence-corrected chi connectivity index (χ4v) is 4.17. The van der Waals surface area contributed by atoms with Gasteiger partial charge in [-0.25, -0.2) is 18.2 Å². The van der Waals surface area contributed by atoms with Crippen LogP contribution in [0.2, 0.25) is 10.0 Å². The molecule has 1 heterocycles. The third-order valence-electron chi connectivity index (χ3n) is 5.47. The molecule has 0 saturated heterocycles. The van der Waals surface area contributed by atoms with Gasteiger partial charge in [0, 0.05) is 32.0 Å². The first-order chi connectivity index (χ1) is 14.6. The van der Waals surface area contributed by atoms with Gasteiger partial charge in [-0.15, -0.1) is 0 Å². The second-order valence-corrected chi connectivity index (χ2v) is 8.45. The first-order valence-corrected chi connectivity index (χ1v) is 10.5. The molecule has 4 rings (SSSR count). The zero-order valence-electron chi connectivity index (χ0n) is 16.5. The van der Waals surface area contributed by atoms with Crippen LogP contribution in [-0.2, 0) is 7.05 Å². The van der Waals surface area contributed by atoms with Crippen LogP contribution >= 0.6 is 23.2 Å². The van der Waals surface area contributed by atoms with E-state index >= 15 is 0 Å². The molecule has 0 spiro atoms. The van der Waals surface area contributed by atoms with E-state index in [2.05, 4.69) is 15.6 Å². The number of carbonyl (C=O) groups is 1. The van der Waals surface area contributed by atoms with Crippen LogP contribution in [0.5, 0.6) is 0 Å². The smallest absolute Gasteiger partial charge is 0.254 e. The van der Waals surface area contributed by atoms with Crippen LogP contribution in [0, 0.1) is 5.82 Å². The van der Waals surface area contributed by atoms with Gasteiger partial charge in [0.25, 0.3) is 5.91 Å². The number of nitrogens with zero attached hydrogens (tertiary/aromatic N) is 2. The Hall–Kier alpha value is -2.45. The average Bonchev–Trinajstić information content (AvgIpc) is 3.00. The van der Waals surface area contributed by atoms with Crippen molar-refractivity contribution < 1.29 is 18.0 Å². The Balaban J connectivity index is 1.59. The number of hydrogen-bond acceptors (Lipinski definition) is 3. The number of benzene rings is 2. The van der Waals surface area contributed by atoms with E-state index in [4.69, 9.17) is 23.2 Å². The van der Waals surface area contributed by atoms with Crippen molar-refractivity contribution >= 4 is 51.8 Å². The number of imidazole rings is 1. The number of hydrogen-bond donors (Lipinski definition) is 2. The van der Waals surface area contributed by atoms with Gasteiger partial charge < -0.3 is 15.2 Å². The molecule has 0 radical (unpaired) electrons. The average molecular weight is 471 g/mol. The molecule has 1 saturated carbocycles. The van der Waals surface area contributed by atoms with Crippen molar-refractivity contribution in [2.45, 2.75) is 37.6 Å². The van der Waals surface area contributed by atoms with Gasteiger partial charge >= 0.3 is 0 Å². The van der Waals surface area contributed by atoms with E-state index < -0.39 is 23.7 Å². The summed E-state index contributed by atoms with van der Waals surface area (Å²) in [5.74, 6) is -3.72. The predicted octanol–water partition coefficient (Wildman–Crippen LogP) is 6.07. The maximum absolute atomic E-state index is 14.7. The van der Waals surface area contributed by atoms with Crippen molar-refractivity contribution in [2.75, 3.05) is 5.32 Å². The summed E-state index contributed by atoms with van der Waals surface area (Å²) in [4.78, 5) is 17.0. The first-order valence-electron chi connectivity index (χ1n) is 9.70. The fraction of sp³-hybridized carbons (Fsp3) is 0.333. The van der Waals surface area contributed by atoms with Crippen LogP contribution in [0.4, 0.5) is 24.8 Å². The number of carbonyl (C=O) groups excluding carboxylic acids is 1. The summed E-state index contributed by atoms with van der Waals surface area (Å²) >= 11 is 12.4. The van der Waals surface area contributed by atoms with Crippen molar-refractivity contribution in [1.29, 1.82) is 0 Å². The van der Waals surface area contributed by atoms with Gasteiger partial charge in [0.2, 0.25) is 11.9 Å². The van der Waals surface area contributed by atoms with E-state index in [1.54, 1.807) is 29.8 Å². The minimum atomic E-state index is -2.70. The summed E-state index contributed by atoms with van der Waals surface area (Å²) < 4.78 is 43.0. The Labute approximate surface area is 186 Å². The van der Waals surface area contributed by atoms with Crippen LogP contribution in [-0.4, -0.2) is 27.4 Å². The maximum Gasteiger partial charge on any atom is 0.254 e. The first kappa shape index (κ1) is 21.8. The molecule has 2 aromatic carbocycles. The lowest BCUT2D eigenvalue weighted by molar-refractivity contribution is -0.0399. The van der Waals surface area contributed by atoms with Gasteiger partial charge in [-0.2, -0.15) is 0 Å². The zero-order valence-corrected chi connectivity index (χ0v) is 18.0. The molecule has 1 aliphatic carbocycles. The number of nitrogens with one attached hydrogen (secondary N) is 2. The van der Waals surface area contributed by atoms with Crippen molar-refractivity contribution in [3.63, 3.8) is 0 Å². The summed E-state index contributed by atoms with van der Waals surface area (Å²) in [6.07, 6.45) is -0.281. The van der Waals surface area contributed by atoms with Gasteiger partial charge in [0.1, 0.15) is 5.82 Å². The molecule has 31 heavy (non-hydrogen) atoms. The number of aryl methyl sites for hydroxylation is 1. The Morgan fingerprint density at radius 1 is 1.19 bits per heavy atom. The van der Waals surface area contributed by atoms with E-state index in [0.29, 0.717) is 32.7 Å². The summed E-state index contributed by atoms with van der Waals surface area (Å²) in [6, 6.07) is 7.19. The van der Waals surface area contributed by atoms with E-state index in [-0.39, 0.29) is 31.2 Å². The third kappa shape index (κ3) is 4.45. The van der Waals surface area contributed by atoms with Crippen molar-refractivity contribution in [1.82, 2.24) is 14.9 Å². The molecular weight excluding hydrogens is 452 g/mol. The second kappa shape index (κ2) is 8.24. The van der Waals surface area contributed by atoms with Gasteiger partial charge in [0.05, 0.1) is 32.3 Å². The molecular formula is C21H19Cl2F3N4O. The molecule has 5 nitrogen and oxygen atoms in total. The SMILES string of the molecule is Cn1c(Nc2c(Cl)cccc2Cl)nc2cc(C(=O)NC3CCC(F)(F)CC3)c(F)cc21. The number of fused-ring (bicyclic) bond motifs is 1. The number of alkyl halides is 2. The van der Waals surface area contributed by atoms with Crippen molar-refractivity contribution in [2.24, 2.45) is 7.05 Å². The second-order valence-electron chi connectivity index (χ2n) is 7.64. The van der Waals surface area contributed by atoms with E-state index in [1.165, 1.54) is 12.1 Å². The molecule has 10 heteroatoms. The number of aromatic nitrogens is 2. The number of rotatable bonds is 4. The highest BCUT2D eigenvalue weighted by atomic mass is 35.5. The number of halogens is 5. The zero-order chi connectivity index (χ0) is 22.3.